The van der Waals surface area contributed by atoms with Crippen molar-refractivity contribution < 1.29 is 9.59 Å². The van der Waals surface area contributed by atoms with E-state index in [2.05, 4.69) is 29.7 Å². The van der Waals surface area contributed by atoms with E-state index in [1.165, 1.54) is 10.5 Å². The van der Waals surface area contributed by atoms with Gasteiger partial charge in [0.2, 0.25) is 11.8 Å². The van der Waals surface area contributed by atoms with E-state index < -0.39 is 6.04 Å². The van der Waals surface area contributed by atoms with Gasteiger partial charge in [0.25, 0.3) is 0 Å². The SMILES string of the molecule is Cc1ccc(NC(=O)CN(C)C(=O)[C@@H](C)N[C@H](C)c2ccccc2C)cc1. The van der Waals surface area contributed by atoms with Crippen LogP contribution in [-0.4, -0.2) is 36.3 Å². The Bertz CT molecular complexity index is 786. The van der Waals surface area contributed by atoms with Crippen LogP contribution in [0.25, 0.3) is 0 Å². The first-order valence-electron chi connectivity index (χ1n) is 9.21. The van der Waals surface area contributed by atoms with E-state index in [1.807, 2.05) is 57.2 Å². The van der Waals surface area contributed by atoms with E-state index in [9.17, 15) is 9.59 Å². The van der Waals surface area contributed by atoms with E-state index in [0.717, 1.165) is 16.8 Å². The number of carbonyl (C=O) groups is 2. The van der Waals surface area contributed by atoms with Crippen LogP contribution in [-0.2, 0) is 9.59 Å². The maximum atomic E-state index is 12.6. The van der Waals surface area contributed by atoms with E-state index in [4.69, 9.17) is 0 Å². The van der Waals surface area contributed by atoms with Crippen molar-refractivity contribution in [3.05, 3.63) is 65.2 Å². The molecule has 0 fully saturated rings. The van der Waals surface area contributed by atoms with Crippen LogP contribution in [0.3, 0.4) is 0 Å². The Hall–Kier alpha value is -2.66. The third-order valence-corrected chi connectivity index (χ3v) is 4.62. The first-order valence-corrected chi connectivity index (χ1v) is 9.21. The van der Waals surface area contributed by atoms with Crippen molar-refractivity contribution in [3.63, 3.8) is 0 Å². The molecule has 5 nitrogen and oxygen atoms in total. The Morgan fingerprint density at radius 2 is 1.63 bits per heavy atom. The van der Waals surface area contributed by atoms with Crippen LogP contribution < -0.4 is 10.6 Å². The van der Waals surface area contributed by atoms with Gasteiger partial charge in [0.15, 0.2) is 0 Å². The minimum absolute atomic E-state index is 0.0114. The minimum atomic E-state index is -0.392. The highest BCUT2D eigenvalue weighted by atomic mass is 16.2. The Morgan fingerprint density at radius 3 is 2.26 bits per heavy atom. The molecular formula is C22H29N3O2. The zero-order chi connectivity index (χ0) is 20.0. The number of rotatable bonds is 7. The van der Waals surface area contributed by atoms with Crippen molar-refractivity contribution in [1.82, 2.24) is 10.2 Å². The lowest BCUT2D eigenvalue weighted by molar-refractivity contribution is -0.135. The van der Waals surface area contributed by atoms with E-state index in [-0.39, 0.29) is 24.4 Å². The summed E-state index contributed by atoms with van der Waals surface area (Å²) in [5.41, 5.74) is 4.20. The fraction of sp³-hybridized carbons (Fsp3) is 0.364. The zero-order valence-electron chi connectivity index (χ0n) is 16.7. The van der Waals surface area contributed by atoms with Gasteiger partial charge in [-0.15, -0.1) is 0 Å². The lowest BCUT2D eigenvalue weighted by Gasteiger charge is -2.25. The first-order chi connectivity index (χ1) is 12.8. The van der Waals surface area contributed by atoms with Gasteiger partial charge in [0, 0.05) is 18.8 Å². The van der Waals surface area contributed by atoms with Gasteiger partial charge in [-0.05, 0) is 51.0 Å². The van der Waals surface area contributed by atoms with Crippen LogP contribution in [0.2, 0.25) is 0 Å². The van der Waals surface area contributed by atoms with Crippen LogP contribution in [0.5, 0.6) is 0 Å². The highest BCUT2D eigenvalue weighted by Gasteiger charge is 2.21. The van der Waals surface area contributed by atoms with Gasteiger partial charge in [-0.3, -0.25) is 14.9 Å². The predicted octanol–water partition coefficient (Wildman–Crippen LogP) is 3.44. The smallest absolute Gasteiger partial charge is 0.243 e. The maximum Gasteiger partial charge on any atom is 0.243 e. The predicted molar refractivity (Wildman–Crippen MR) is 110 cm³/mol. The number of likely N-dealkylation sites (N-methyl/N-ethyl adjacent to an activating group) is 1. The molecule has 0 spiro atoms. The van der Waals surface area contributed by atoms with Gasteiger partial charge < -0.3 is 10.2 Å². The lowest BCUT2D eigenvalue weighted by atomic mass is 10.0. The summed E-state index contributed by atoms with van der Waals surface area (Å²) in [5, 5.41) is 6.14. The van der Waals surface area contributed by atoms with Gasteiger partial charge in [0.1, 0.15) is 0 Å². The summed E-state index contributed by atoms with van der Waals surface area (Å²) in [4.78, 5) is 26.3. The molecule has 0 aliphatic rings. The standard InChI is InChI=1S/C22H29N3O2/c1-15-10-12-19(13-11-15)24-21(26)14-25(5)22(27)18(4)23-17(3)20-9-7-6-8-16(20)2/h6-13,17-18,23H,14H2,1-5H3,(H,24,26)/t17-,18-/m1/s1. The molecule has 2 aromatic carbocycles. The quantitative estimate of drug-likeness (QED) is 0.788. The van der Waals surface area contributed by atoms with Crippen LogP contribution in [0.15, 0.2) is 48.5 Å². The molecule has 2 atom stereocenters. The van der Waals surface area contributed by atoms with Crippen molar-refractivity contribution >= 4 is 17.5 Å². The monoisotopic (exact) mass is 367 g/mol. The largest absolute Gasteiger partial charge is 0.335 e. The van der Waals surface area contributed by atoms with Gasteiger partial charge in [-0.25, -0.2) is 0 Å². The molecule has 0 aromatic heterocycles. The molecule has 5 heteroatoms. The molecule has 0 saturated carbocycles. The Balaban J connectivity index is 1.88. The zero-order valence-corrected chi connectivity index (χ0v) is 16.7. The van der Waals surface area contributed by atoms with Crippen LogP contribution in [0.1, 0.15) is 36.6 Å². The number of carbonyl (C=O) groups excluding carboxylic acids is 2. The number of hydrogen-bond acceptors (Lipinski definition) is 3. The number of nitrogens with zero attached hydrogens (tertiary/aromatic N) is 1. The molecule has 0 radical (unpaired) electrons. The number of amides is 2. The first kappa shape index (κ1) is 20.6. The summed E-state index contributed by atoms with van der Waals surface area (Å²) in [6.45, 7) is 7.92. The molecule has 0 bridgehead atoms. The summed E-state index contributed by atoms with van der Waals surface area (Å²) < 4.78 is 0. The summed E-state index contributed by atoms with van der Waals surface area (Å²) in [7, 11) is 1.65. The van der Waals surface area contributed by atoms with Gasteiger partial charge in [-0.2, -0.15) is 0 Å². The second-order valence-electron chi connectivity index (χ2n) is 7.08. The van der Waals surface area contributed by atoms with Gasteiger partial charge >= 0.3 is 0 Å². The fourth-order valence-electron chi connectivity index (χ4n) is 3.07. The summed E-state index contributed by atoms with van der Waals surface area (Å²) >= 11 is 0. The van der Waals surface area contributed by atoms with Crippen molar-refractivity contribution in [2.45, 2.75) is 39.8 Å². The molecule has 27 heavy (non-hydrogen) atoms. The third kappa shape index (κ3) is 5.93. The number of benzene rings is 2. The second-order valence-corrected chi connectivity index (χ2v) is 7.08. The molecule has 2 rings (SSSR count). The Labute approximate surface area is 161 Å². The number of aryl methyl sites for hydroxylation is 2. The van der Waals surface area contributed by atoms with E-state index in [1.54, 1.807) is 7.05 Å². The Kier molecular flexibility index (Phi) is 7.13. The topological polar surface area (TPSA) is 61.4 Å². The second kappa shape index (κ2) is 9.33. The molecule has 2 amide bonds. The third-order valence-electron chi connectivity index (χ3n) is 4.62. The van der Waals surface area contributed by atoms with E-state index in [0.29, 0.717) is 0 Å². The fourth-order valence-corrected chi connectivity index (χ4v) is 3.07. The molecule has 2 aromatic rings. The van der Waals surface area contributed by atoms with Crippen molar-refractivity contribution in [2.75, 3.05) is 18.9 Å². The number of nitrogens with one attached hydrogen (secondary N) is 2. The lowest BCUT2D eigenvalue weighted by Crippen LogP contribution is -2.46. The summed E-state index contributed by atoms with van der Waals surface area (Å²) in [5.74, 6) is -0.330. The van der Waals surface area contributed by atoms with Gasteiger partial charge in [-0.1, -0.05) is 42.0 Å². The van der Waals surface area contributed by atoms with Gasteiger partial charge in [0.05, 0.1) is 12.6 Å². The number of anilines is 1. The average Bonchev–Trinajstić information content (AvgIpc) is 2.63. The molecule has 144 valence electrons. The van der Waals surface area contributed by atoms with Crippen molar-refractivity contribution in [3.8, 4) is 0 Å². The number of hydrogen-bond donors (Lipinski definition) is 2. The maximum absolute atomic E-state index is 12.6. The van der Waals surface area contributed by atoms with Crippen molar-refractivity contribution in [2.24, 2.45) is 0 Å². The molecule has 0 aliphatic heterocycles. The average molecular weight is 367 g/mol. The summed E-state index contributed by atoms with van der Waals surface area (Å²) in [6.07, 6.45) is 0. The van der Waals surface area contributed by atoms with Crippen LogP contribution in [0, 0.1) is 13.8 Å². The van der Waals surface area contributed by atoms with Crippen LogP contribution >= 0.6 is 0 Å². The molecule has 0 saturated heterocycles. The Morgan fingerprint density at radius 1 is 1.00 bits per heavy atom. The van der Waals surface area contributed by atoms with E-state index >= 15 is 0 Å². The van der Waals surface area contributed by atoms with Crippen LogP contribution in [0.4, 0.5) is 5.69 Å². The molecule has 2 N–H and O–H groups in total. The highest BCUT2D eigenvalue weighted by molar-refractivity contribution is 5.95. The summed E-state index contributed by atoms with van der Waals surface area (Å²) in [6, 6.07) is 15.3. The molecule has 0 heterocycles. The highest BCUT2D eigenvalue weighted by Crippen LogP contribution is 2.17. The molecule has 0 unspecified atom stereocenters. The molecular weight excluding hydrogens is 338 g/mol. The van der Waals surface area contributed by atoms with Crippen molar-refractivity contribution in [1.29, 1.82) is 0 Å². The normalized spacial score (nSPS) is 12.9. The minimum Gasteiger partial charge on any atom is -0.335 e. The molecule has 0 aliphatic carbocycles.